The molecule has 15 heavy (non-hydrogen) atoms. The third-order valence-corrected chi connectivity index (χ3v) is 1.35. The molecule has 0 radical (unpaired) electrons. The van der Waals surface area contributed by atoms with Crippen molar-refractivity contribution in [2.24, 2.45) is 0 Å². The molecule has 0 amide bonds. The summed E-state index contributed by atoms with van der Waals surface area (Å²) in [4.78, 5) is 15.7. The smallest absolute Gasteiger partial charge is 0.492 e. The van der Waals surface area contributed by atoms with Crippen LogP contribution in [0.25, 0.3) is 0 Å². The predicted molar refractivity (Wildman–Crippen MR) is 50.6 cm³/mol. The van der Waals surface area contributed by atoms with Crippen LogP contribution in [0.5, 0.6) is 11.8 Å². The van der Waals surface area contributed by atoms with Gasteiger partial charge >= 0.3 is 6.16 Å². The Morgan fingerprint density at radius 2 is 1.73 bits per heavy atom. The first kappa shape index (κ1) is 11.2. The number of aromatic hydroxyl groups is 2. The first-order valence-electron chi connectivity index (χ1n) is 4.30. The van der Waals surface area contributed by atoms with E-state index in [9.17, 15) is 4.79 Å². The molecule has 1 aromatic rings. The number of carbonyl (C=O) groups is 1. The van der Waals surface area contributed by atoms with E-state index in [1.165, 1.54) is 12.1 Å². The molecule has 0 saturated carbocycles. The average molecular weight is 215 g/mol. The van der Waals surface area contributed by atoms with Gasteiger partial charge in [0.25, 0.3) is 0 Å². The zero-order valence-electron chi connectivity index (χ0n) is 8.72. The van der Waals surface area contributed by atoms with Gasteiger partial charge in [-0.3, -0.25) is 4.84 Å². The molecule has 0 unspecified atom stereocenters. The SMILES string of the molecule is CC(C)(C)OC(=O)On1c(O)ccc1O. The summed E-state index contributed by atoms with van der Waals surface area (Å²) in [6.45, 7) is 5.01. The van der Waals surface area contributed by atoms with Crippen molar-refractivity contribution in [1.82, 2.24) is 4.73 Å². The van der Waals surface area contributed by atoms with Crippen molar-refractivity contribution < 1.29 is 24.6 Å². The normalized spacial score (nSPS) is 11.1. The monoisotopic (exact) mass is 215 g/mol. The minimum Gasteiger partial charge on any atom is -0.492 e. The predicted octanol–water partition coefficient (Wildman–Crippen LogP) is 1.26. The molecule has 0 aliphatic carbocycles. The van der Waals surface area contributed by atoms with Crippen molar-refractivity contribution in [3.63, 3.8) is 0 Å². The fraction of sp³-hybridized carbons (Fsp3) is 0.444. The van der Waals surface area contributed by atoms with Crippen molar-refractivity contribution in [3.8, 4) is 11.8 Å². The number of hydrogen-bond donors (Lipinski definition) is 2. The van der Waals surface area contributed by atoms with Crippen molar-refractivity contribution in [2.45, 2.75) is 26.4 Å². The van der Waals surface area contributed by atoms with Crippen LogP contribution in [0.2, 0.25) is 0 Å². The van der Waals surface area contributed by atoms with Crippen LogP contribution in [0.3, 0.4) is 0 Å². The minimum absolute atomic E-state index is 0.390. The van der Waals surface area contributed by atoms with E-state index in [4.69, 9.17) is 14.9 Å². The highest BCUT2D eigenvalue weighted by molar-refractivity contribution is 5.61. The van der Waals surface area contributed by atoms with E-state index in [2.05, 4.69) is 4.84 Å². The highest BCUT2D eigenvalue weighted by Crippen LogP contribution is 2.19. The van der Waals surface area contributed by atoms with Crippen LogP contribution in [0.15, 0.2) is 12.1 Å². The Morgan fingerprint density at radius 3 is 2.13 bits per heavy atom. The summed E-state index contributed by atoms with van der Waals surface area (Å²) in [5.74, 6) is -0.781. The van der Waals surface area contributed by atoms with E-state index in [1.807, 2.05) is 0 Å². The molecule has 1 heterocycles. The molecule has 6 heteroatoms. The molecule has 0 aliphatic rings. The third kappa shape index (κ3) is 3.08. The van der Waals surface area contributed by atoms with Gasteiger partial charge in [0.2, 0.25) is 11.8 Å². The first-order chi connectivity index (χ1) is 6.79. The molecule has 1 aromatic heterocycles. The molecular weight excluding hydrogens is 202 g/mol. The second-order valence-corrected chi connectivity index (χ2v) is 3.90. The molecule has 0 aromatic carbocycles. The Labute approximate surface area is 86.6 Å². The van der Waals surface area contributed by atoms with Gasteiger partial charge in [-0.1, -0.05) is 0 Å². The summed E-state index contributed by atoms with van der Waals surface area (Å²) in [6, 6.07) is 2.36. The van der Waals surface area contributed by atoms with Gasteiger partial charge in [-0.05, 0) is 20.8 Å². The van der Waals surface area contributed by atoms with Crippen molar-refractivity contribution in [2.75, 3.05) is 0 Å². The molecule has 0 aliphatic heterocycles. The standard InChI is InChI=1S/C9H13NO5/c1-9(2,3)14-8(13)15-10-6(11)4-5-7(10)12/h4-5,11-12H,1-3H3. The molecule has 0 bridgehead atoms. The summed E-state index contributed by atoms with van der Waals surface area (Å²) in [5.41, 5.74) is -0.699. The lowest BCUT2D eigenvalue weighted by Gasteiger charge is -2.18. The lowest BCUT2D eigenvalue weighted by atomic mass is 10.2. The van der Waals surface area contributed by atoms with Gasteiger partial charge < -0.3 is 14.9 Å². The molecule has 84 valence electrons. The maximum atomic E-state index is 11.1. The van der Waals surface area contributed by atoms with E-state index in [0.29, 0.717) is 4.73 Å². The molecular formula is C9H13NO5. The number of nitrogens with zero attached hydrogens (tertiary/aromatic N) is 1. The van der Waals surface area contributed by atoms with E-state index < -0.39 is 23.5 Å². The Balaban J connectivity index is 2.67. The Morgan fingerprint density at radius 1 is 1.27 bits per heavy atom. The number of rotatable bonds is 1. The molecule has 0 atom stereocenters. The Bertz CT molecular complexity index is 344. The number of ether oxygens (including phenoxy) is 1. The highest BCUT2D eigenvalue weighted by atomic mass is 16.8. The van der Waals surface area contributed by atoms with Gasteiger partial charge in [0.1, 0.15) is 5.60 Å². The topological polar surface area (TPSA) is 80.9 Å². The van der Waals surface area contributed by atoms with Crippen LogP contribution in [-0.4, -0.2) is 26.7 Å². The number of hydrogen-bond acceptors (Lipinski definition) is 5. The summed E-state index contributed by atoms with van der Waals surface area (Å²) in [7, 11) is 0. The molecule has 0 fully saturated rings. The van der Waals surface area contributed by atoms with Crippen LogP contribution in [0.1, 0.15) is 20.8 Å². The van der Waals surface area contributed by atoms with Gasteiger partial charge in [-0.2, -0.15) is 0 Å². The van der Waals surface area contributed by atoms with Crippen molar-refractivity contribution in [1.29, 1.82) is 0 Å². The van der Waals surface area contributed by atoms with Crippen LogP contribution in [-0.2, 0) is 4.74 Å². The number of aromatic nitrogens is 1. The lowest BCUT2D eigenvalue weighted by molar-refractivity contribution is -0.0173. The summed E-state index contributed by atoms with van der Waals surface area (Å²) < 4.78 is 5.38. The molecule has 2 N–H and O–H groups in total. The van der Waals surface area contributed by atoms with E-state index >= 15 is 0 Å². The largest absolute Gasteiger partial charge is 0.534 e. The molecule has 6 nitrogen and oxygen atoms in total. The Kier molecular flexibility index (Phi) is 2.78. The maximum Gasteiger partial charge on any atom is 0.534 e. The van der Waals surface area contributed by atoms with Gasteiger partial charge in [-0.15, -0.1) is 4.73 Å². The van der Waals surface area contributed by atoms with Crippen LogP contribution in [0.4, 0.5) is 4.79 Å². The summed E-state index contributed by atoms with van der Waals surface area (Å²) in [6.07, 6.45) is -1.01. The third-order valence-electron chi connectivity index (χ3n) is 1.35. The van der Waals surface area contributed by atoms with Crippen molar-refractivity contribution >= 4 is 6.16 Å². The van der Waals surface area contributed by atoms with E-state index in [0.717, 1.165) is 0 Å². The van der Waals surface area contributed by atoms with Gasteiger partial charge in [0.05, 0.1) is 0 Å². The second kappa shape index (κ2) is 3.72. The molecule has 0 saturated heterocycles. The van der Waals surface area contributed by atoms with Crippen LogP contribution >= 0.6 is 0 Å². The molecule has 0 spiro atoms. The zero-order chi connectivity index (χ0) is 11.6. The molecule has 1 rings (SSSR count). The van der Waals surface area contributed by atoms with Gasteiger partial charge in [0, 0.05) is 12.1 Å². The maximum absolute atomic E-state index is 11.1. The van der Waals surface area contributed by atoms with Gasteiger partial charge in [-0.25, -0.2) is 4.79 Å². The lowest BCUT2D eigenvalue weighted by Crippen LogP contribution is -2.29. The van der Waals surface area contributed by atoms with Crippen molar-refractivity contribution in [3.05, 3.63) is 12.1 Å². The van der Waals surface area contributed by atoms with Crippen LogP contribution < -0.4 is 4.84 Å². The van der Waals surface area contributed by atoms with E-state index in [1.54, 1.807) is 20.8 Å². The highest BCUT2D eigenvalue weighted by Gasteiger charge is 2.20. The van der Waals surface area contributed by atoms with Gasteiger partial charge in [0.15, 0.2) is 0 Å². The fourth-order valence-electron chi connectivity index (χ4n) is 0.839. The summed E-state index contributed by atoms with van der Waals surface area (Å²) >= 11 is 0. The Hall–Kier alpha value is -1.85. The minimum atomic E-state index is -1.01. The quantitative estimate of drug-likeness (QED) is 0.689. The second-order valence-electron chi connectivity index (χ2n) is 3.90. The van der Waals surface area contributed by atoms with E-state index in [-0.39, 0.29) is 0 Å². The summed E-state index contributed by atoms with van der Waals surface area (Å²) in [5, 5.41) is 18.3. The van der Waals surface area contributed by atoms with Crippen LogP contribution in [0, 0.1) is 0 Å². The first-order valence-corrected chi connectivity index (χ1v) is 4.30. The average Bonchev–Trinajstić information content (AvgIpc) is 2.32. The zero-order valence-corrected chi connectivity index (χ0v) is 8.72. The fourth-order valence-corrected chi connectivity index (χ4v) is 0.839. The number of carbonyl (C=O) groups excluding carboxylic acids is 1.